The van der Waals surface area contributed by atoms with E-state index in [1.807, 2.05) is 45.2 Å². The molecule has 3 unspecified atom stereocenters. The van der Waals surface area contributed by atoms with Gasteiger partial charge in [0.2, 0.25) is 5.91 Å². The number of nitrogen functional groups attached to an aromatic ring is 1. The van der Waals surface area contributed by atoms with Crippen LogP contribution in [0.2, 0.25) is 0 Å². The fraction of sp³-hybridized carbons (Fsp3) is 0.562. The van der Waals surface area contributed by atoms with Crippen LogP contribution in [0.1, 0.15) is 45.7 Å². The molecule has 1 aromatic rings. The molecule has 20 heavy (non-hydrogen) atoms. The lowest BCUT2D eigenvalue weighted by atomic mass is 10.0. The summed E-state index contributed by atoms with van der Waals surface area (Å²) in [4.78, 5) is 14.2. The molecule has 1 aromatic carbocycles. The van der Waals surface area contributed by atoms with E-state index in [1.54, 1.807) is 0 Å². The van der Waals surface area contributed by atoms with Crippen LogP contribution in [0.25, 0.3) is 0 Å². The Morgan fingerprint density at radius 1 is 1.35 bits per heavy atom. The van der Waals surface area contributed by atoms with E-state index < -0.39 is 0 Å². The normalized spacial score (nSPS) is 15.7. The third-order valence-electron chi connectivity index (χ3n) is 4.00. The van der Waals surface area contributed by atoms with Crippen molar-refractivity contribution in [2.75, 3.05) is 12.8 Å². The van der Waals surface area contributed by atoms with Gasteiger partial charge in [0, 0.05) is 17.8 Å². The number of hydrogen-bond donors (Lipinski definition) is 2. The first-order valence-electron chi connectivity index (χ1n) is 7.24. The van der Waals surface area contributed by atoms with Gasteiger partial charge in [-0.3, -0.25) is 9.69 Å². The predicted molar refractivity (Wildman–Crippen MR) is 84.4 cm³/mol. The summed E-state index contributed by atoms with van der Waals surface area (Å²) in [5.74, 6) is 0.0672. The van der Waals surface area contributed by atoms with Crippen LogP contribution < -0.4 is 11.1 Å². The molecule has 0 aliphatic carbocycles. The van der Waals surface area contributed by atoms with Crippen LogP contribution in [0.3, 0.4) is 0 Å². The maximum Gasteiger partial charge on any atom is 0.237 e. The van der Waals surface area contributed by atoms with Crippen molar-refractivity contribution in [2.24, 2.45) is 0 Å². The van der Waals surface area contributed by atoms with Crippen molar-refractivity contribution >= 4 is 11.6 Å². The van der Waals surface area contributed by atoms with Crippen LogP contribution in [-0.2, 0) is 4.79 Å². The zero-order valence-corrected chi connectivity index (χ0v) is 13.2. The summed E-state index contributed by atoms with van der Waals surface area (Å²) in [6.45, 7) is 8.10. The minimum Gasteiger partial charge on any atom is -0.399 e. The van der Waals surface area contributed by atoms with Gasteiger partial charge in [-0.25, -0.2) is 0 Å². The summed E-state index contributed by atoms with van der Waals surface area (Å²) >= 11 is 0. The van der Waals surface area contributed by atoms with Gasteiger partial charge in [0.15, 0.2) is 0 Å². The topological polar surface area (TPSA) is 58.4 Å². The largest absolute Gasteiger partial charge is 0.399 e. The molecule has 0 radical (unpaired) electrons. The average Bonchev–Trinajstić information content (AvgIpc) is 2.44. The molecular weight excluding hydrogens is 250 g/mol. The Labute approximate surface area is 122 Å². The molecule has 0 bridgehead atoms. The summed E-state index contributed by atoms with van der Waals surface area (Å²) in [5, 5.41) is 3.02. The zero-order valence-electron chi connectivity index (χ0n) is 13.2. The molecule has 112 valence electrons. The van der Waals surface area contributed by atoms with E-state index in [2.05, 4.69) is 24.1 Å². The molecule has 0 saturated heterocycles. The standard InChI is InChI=1S/C16H27N3O/c1-6-11(2)18-16(20)13(4)19(5)12(3)14-8-7-9-15(17)10-14/h7-13H,6,17H2,1-5H3,(H,18,20). The fourth-order valence-electron chi connectivity index (χ4n) is 2.04. The van der Waals surface area contributed by atoms with Crippen molar-refractivity contribution in [3.8, 4) is 0 Å². The summed E-state index contributed by atoms with van der Waals surface area (Å²) in [7, 11) is 1.97. The van der Waals surface area contributed by atoms with Crippen molar-refractivity contribution in [3.05, 3.63) is 29.8 Å². The van der Waals surface area contributed by atoms with E-state index >= 15 is 0 Å². The van der Waals surface area contributed by atoms with Gasteiger partial charge in [-0.2, -0.15) is 0 Å². The molecule has 0 aromatic heterocycles. The third-order valence-corrected chi connectivity index (χ3v) is 4.00. The van der Waals surface area contributed by atoms with Gasteiger partial charge in [-0.05, 0) is 51.9 Å². The number of nitrogens with two attached hydrogens (primary N) is 1. The van der Waals surface area contributed by atoms with Crippen molar-refractivity contribution in [1.82, 2.24) is 10.2 Å². The predicted octanol–water partition coefficient (Wildman–Crippen LogP) is 2.56. The average molecular weight is 277 g/mol. The second kappa shape index (κ2) is 7.29. The van der Waals surface area contributed by atoms with Crippen molar-refractivity contribution in [1.29, 1.82) is 0 Å². The summed E-state index contributed by atoms with van der Waals surface area (Å²) in [6.07, 6.45) is 0.937. The molecular formula is C16H27N3O. The minimum absolute atomic E-state index is 0.0672. The summed E-state index contributed by atoms with van der Waals surface area (Å²) < 4.78 is 0. The maximum atomic E-state index is 12.2. The molecule has 0 spiro atoms. The van der Waals surface area contributed by atoms with Gasteiger partial charge in [-0.15, -0.1) is 0 Å². The smallest absolute Gasteiger partial charge is 0.237 e. The van der Waals surface area contributed by atoms with E-state index in [4.69, 9.17) is 5.73 Å². The summed E-state index contributed by atoms with van der Waals surface area (Å²) in [6, 6.07) is 7.98. The van der Waals surface area contributed by atoms with E-state index in [1.165, 1.54) is 0 Å². The van der Waals surface area contributed by atoms with E-state index in [0.29, 0.717) is 0 Å². The van der Waals surface area contributed by atoms with Crippen LogP contribution in [0.4, 0.5) is 5.69 Å². The van der Waals surface area contributed by atoms with Crippen molar-refractivity contribution < 1.29 is 4.79 Å². The number of carbonyl (C=O) groups is 1. The van der Waals surface area contributed by atoms with Crippen LogP contribution >= 0.6 is 0 Å². The molecule has 0 aliphatic heterocycles. The number of anilines is 1. The van der Waals surface area contributed by atoms with Crippen molar-refractivity contribution in [3.63, 3.8) is 0 Å². The van der Waals surface area contributed by atoms with Gasteiger partial charge in [0.05, 0.1) is 6.04 Å². The highest BCUT2D eigenvalue weighted by Gasteiger charge is 2.23. The number of amides is 1. The number of likely N-dealkylation sites (N-methyl/N-ethyl adjacent to an activating group) is 1. The Morgan fingerprint density at radius 3 is 2.55 bits per heavy atom. The lowest BCUT2D eigenvalue weighted by molar-refractivity contribution is -0.126. The quantitative estimate of drug-likeness (QED) is 0.786. The summed E-state index contributed by atoms with van der Waals surface area (Å²) in [5.41, 5.74) is 7.69. The first-order chi connectivity index (χ1) is 9.36. The second-order valence-corrected chi connectivity index (χ2v) is 5.51. The number of carbonyl (C=O) groups excluding carboxylic acids is 1. The highest BCUT2D eigenvalue weighted by atomic mass is 16.2. The maximum absolute atomic E-state index is 12.2. The third kappa shape index (κ3) is 4.23. The second-order valence-electron chi connectivity index (χ2n) is 5.51. The van der Waals surface area contributed by atoms with Gasteiger partial charge in [-0.1, -0.05) is 19.1 Å². The molecule has 0 saturated carbocycles. The monoisotopic (exact) mass is 277 g/mol. The van der Waals surface area contributed by atoms with Gasteiger partial charge >= 0.3 is 0 Å². The highest BCUT2D eigenvalue weighted by molar-refractivity contribution is 5.81. The first kappa shape index (κ1) is 16.5. The van der Waals surface area contributed by atoms with E-state index in [9.17, 15) is 4.79 Å². The molecule has 3 atom stereocenters. The number of nitrogens with one attached hydrogen (secondary N) is 1. The van der Waals surface area contributed by atoms with E-state index in [0.717, 1.165) is 17.7 Å². The molecule has 1 amide bonds. The fourth-order valence-corrected chi connectivity index (χ4v) is 2.04. The Bertz CT molecular complexity index is 447. The van der Waals surface area contributed by atoms with Crippen LogP contribution in [0, 0.1) is 0 Å². The molecule has 0 fully saturated rings. The molecule has 0 heterocycles. The Morgan fingerprint density at radius 2 is 2.00 bits per heavy atom. The van der Waals surface area contributed by atoms with Gasteiger partial charge < -0.3 is 11.1 Å². The lowest BCUT2D eigenvalue weighted by Gasteiger charge is -2.31. The van der Waals surface area contributed by atoms with Gasteiger partial charge in [0.1, 0.15) is 0 Å². The molecule has 1 rings (SSSR count). The lowest BCUT2D eigenvalue weighted by Crippen LogP contribution is -2.46. The number of nitrogens with zero attached hydrogens (tertiary/aromatic N) is 1. The van der Waals surface area contributed by atoms with E-state index in [-0.39, 0.29) is 24.0 Å². The zero-order chi connectivity index (χ0) is 15.3. The van der Waals surface area contributed by atoms with Gasteiger partial charge in [0.25, 0.3) is 0 Å². The molecule has 4 nitrogen and oxygen atoms in total. The number of hydrogen-bond acceptors (Lipinski definition) is 3. The number of rotatable bonds is 6. The molecule has 3 N–H and O–H groups in total. The first-order valence-corrected chi connectivity index (χ1v) is 7.24. The number of benzene rings is 1. The molecule has 0 aliphatic rings. The minimum atomic E-state index is -0.180. The Balaban J connectivity index is 2.73. The van der Waals surface area contributed by atoms with Crippen LogP contribution in [-0.4, -0.2) is 29.9 Å². The Hall–Kier alpha value is -1.55. The highest BCUT2D eigenvalue weighted by Crippen LogP contribution is 2.22. The van der Waals surface area contributed by atoms with Crippen LogP contribution in [0.15, 0.2) is 24.3 Å². The Kier molecular flexibility index (Phi) is 6.02. The SMILES string of the molecule is CCC(C)NC(=O)C(C)N(C)C(C)c1cccc(N)c1. The van der Waals surface area contributed by atoms with Crippen LogP contribution in [0.5, 0.6) is 0 Å². The van der Waals surface area contributed by atoms with Crippen molar-refractivity contribution in [2.45, 2.75) is 52.2 Å². The molecule has 4 heteroatoms.